The third-order valence-electron chi connectivity index (χ3n) is 6.24. The normalized spacial score (nSPS) is 10.9. The predicted octanol–water partition coefficient (Wildman–Crippen LogP) is 6.06. The first-order valence-corrected chi connectivity index (χ1v) is 12.8. The molecule has 8 heteroatoms. The van der Waals surface area contributed by atoms with Crippen LogP contribution in [0.1, 0.15) is 41.3 Å². The summed E-state index contributed by atoms with van der Waals surface area (Å²) in [7, 11) is 0. The molecule has 0 unspecified atom stereocenters. The fourth-order valence-electron chi connectivity index (χ4n) is 4.11. The largest absolute Gasteiger partial charge is 0.464 e. The molecule has 4 aromatic rings. The second-order valence-electron chi connectivity index (χ2n) is 9.05. The number of fused-ring (bicyclic) bond motifs is 1. The lowest BCUT2D eigenvalue weighted by atomic mass is 10.1. The molecule has 0 aliphatic heterocycles. The minimum atomic E-state index is -0.388. The minimum absolute atomic E-state index is 0.0276. The second-order valence-corrected chi connectivity index (χ2v) is 9.49. The van der Waals surface area contributed by atoms with Crippen molar-refractivity contribution in [3.05, 3.63) is 117 Å². The topological polar surface area (TPSA) is 70.8 Å². The molecule has 196 valence electrons. The van der Waals surface area contributed by atoms with E-state index in [9.17, 15) is 18.8 Å². The van der Waals surface area contributed by atoms with E-state index in [1.807, 2.05) is 6.92 Å². The van der Waals surface area contributed by atoms with Crippen LogP contribution in [0.4, 0.5) is 4.39 Å². The summed E-state index contributed by atoms with van der Waals surface area (Å²) in [4.78, 5) is 43.1. The highest BCUT2D eigenvalue weighted by Gasteiger charge is 2.24. The number of amides is 2. The van der Waals surface area contributed by atoms with E-state index in [0.717, 1.165) is 12.8 Å². The van der Waals surface area contributed by atoms with Crippen molar-refractivity contribution in [3.63, 3.8) is 0 Å². The van der Waals surface area contributed by atoms with E-state index in [-0.39, 0.29) is 42.7 Å². The molecular weight excluding hydrogens is 507 g/mol. The number of benzene rings is 3. The molecule has 38 heavy (non-hydrogen) atoms. The van der Waals surface area contributed by atoms with Gasteiger partial charge in [-0.25, -0.2) is 4.39 Å². The average Bonchev–Trinajstić information content (AvgIpc) is 2.93. The summed E-state index contributed by atoms with van der Waals surface area (Å²) in [5.74, 6) is -1.02. The van der Waals surface area contributed by atoms with Crippen molar-refractivity contribution in [1.29, 1.82) is 0 Å². The lowest BCUT2D eigenvalue weighted by molar-refractivity contribution is -0.133. The number of unbranched alkanes of at least 4 members (excludes halogenated alkanes) is 1. The Labute approximate surface area is 225 Å². The van der Waals surface area contributed by atoms with Crippen molar-refractivity contribution in [2.75, 3.05) is 13.1 Å². The SMILES string of the molecule is CCCCN(CC(=O)N(Cc1ccc(F)cc1)Cc1coc2ccccc2c1=O)C(=O)c1ccc(Cl)cc1. The Balaban J connectivity index is 1.62. The lowest BCUT2D eigenvalue weighted by Crippen LogP contribution is -2.43. The van der Waals surface area contributed by atoms with Crippen LogP contribution in [0.15, 0.2) is 88.3 Å². The molecule has 0 N–H and O–H groups in total. The van der Waals surface area contributed by atoms with Crippen molar-refractivity contribution in [1.82, 2.24) is 9.80 Å². The summed E-state index contributed by atoms with van der Waals surface area (Å²) in [5.41, 5.74) is 1.65. The molecule has 0 saturated heterocycles. The maximum Gasteiger partial charge on any atom is 0.254 e. The highest BCUT2D eigenvalue weighted by Crippen LogP contribution is 2.16. The fraction of sp³-hybridized carbons (Fsp3) is 0.233. The average molecular weight is 535 g/mol. The number of halogens is 2. The monoisotopic (exact) mass is 534 g/mol. The summed E-state index contributed by atoms with van der Waals surface area (Å²) >= 11 is 5.98. The van der Waals surface area contributed by atoms with Gasteiger partial charge in [0.15, 0.2) is 5.43 Å². The number of hydrogen-bond donors (Lipinski definition) is 0. The van der Waals surface area contributed by atoms with Crippen LogP contribution in [0.5, 0.6) is 0 Å². The number of carbonyl (C=O) groups excluding carboxylic acids is 2. The van der Waals surface area contributed by atoms with E-state index in [0.29, 0.717) is 39.2 Å². The standard InChI is InChI=1S/C30H28ClFN2O4/c1-2-3-16-33(30(37)22-10-12-24(31)13-11-22)19-28(35)34(17-21-8-14-25(32)15-9-21)18-23-20-38-27-7-5-4-6-26(27)29(23)36/h4-15,20H,2-3,16-19H2,1H3. The molecule has 2 amide bonds. The quantitative estimate of drug-likeness (QED) is 0.248. The molecule has 0 aliphatic carbocycles. The molecule has 0 saturated carbocycles. The molecule has 0 spiro atoms. The molecule has 1 aromatic heterocycles. The first kappa shape index (κ1) is 27.1. The van der Waals surface area contributed by atoms with Gasteiger partial charge in [-0.15, -0.1) is 0 Å². The molecule has 3 aromatic carbocycles. The molecule has 0 aliphatic rings. The number of nitrogens with zero attached hydrogens (tertiary/aromatic N) is 2. The highest BCUT2D eigenvalue weighted by molar-refractivity contribution is 6.30. The smallest absolute Gasteiger partial charge is 0.254 e. The molecule has 6 nitrogen and oxygen atoms in total. The van der Waals surface area contributed by atoms with Crippen molar-refractivity contribution in [2.45, 2.75) is 32.9 Å². The first-order valence-electron chi connectivity index (χ1n) is 12.4. The summed E-state index contributed by atoms with van der Waals surface area (Å²) < 4.78 is 19.2. The molecule has 0 bridgehead atoms. The second kappa shape index (κ2) is 12.5. The zero-order valence-electron chi connectivity index (χ0n) is 21.0. The Morgan fingerprint density at radius 3 is 2.34 bits per heavy atom. The Bertz CT molecular complexity index is 1470. The van der Waals surface area contributed by atoms with Gasteiger partial charge in [0, 0.05) is 23.7 Å². The number of para-hydroxylation sites is 1. The Morgan fingerprint density at radius 1 is 0.921 bits per heavy atom. The van der Waals surface area contributed by atoms with Crippen LogP contribution in [0.25, 0.3) is 11.0 Å². The van der Waals surface area contributed by atoms with Crippen LogP contribution in [0.3, 0.4) is 0 Å². The third kappa shape index (κ3) is 6.66. The molecular formula is C30H28ClFN2O4. The highest BCUT2D eigenvalue weighted by atomic mass is 35.5. The van der Waals surface area contributed by atoms with Crippen molar-refractivity contribution < 1.29 is 18.4 Å². The van der Waals surface area contributed by atoms with Gasteiger partial charge >= 0.3 is 0 Å². The molecule has 0 fully saturated rings. The van der Waals surface area contributed by atoms with Crippen LogP contribution in [-0.4, -0.2) is 34.7 Å². The number of carbonyl (C=O) groups is 2. The third-order valence-corrected chi connectivity index (χ3v) is 6.49. The van der Waals surface area contributed by atoms with Gasteiger partial charge < -0.3 is 14.2 Å². The van der Waals surface area contributed by atoms with Crippen LogP contribution in [0.2, 0.25) is 5.02 Å². The Kier molecular flexibility index (Phi) is 8.92. The van der Waals surface area contributed by atoms with Gasteiger partial charge in [-0.3, -0.25) is 14.4 Å². The number of rotatable bonds is 10. The van der Waals surface area contributed by atoms with Gasteiger partial charge in [-0.05, 0) is 60.5 Å². The van der Waals surface area contributed by atoms with E-state index in [1.165, 1.54) is 28.2 Å². The van der Waals surface area contributed by atoms with Crippen molar-refractivity contribution >= 4 is 34.4 Å². The van der Waals surface area contributed by atoms with E-state index < -0.39 is 0 Å². The van der Waals surface area contributed by atoms with Gasteiger partial charge in [0.2, 0.25) is 5.91 Å². The summed E-state index contributed by atoms with van der Waals surface area (Å²) in [6.07, 6.45) is 2.93. The number of hydrogen-bond acceptors (Lipinski definition) is 4. The molecule has 1 heterocycles. The van der Waals surface area contributed by atoms with Crippen molar-refractivity contribution in [2.24, 2.45) is 0 Å². The zero-order chi connectivity index (χ0) is 27.1. The Hall–Kier alpha value is -3.97. The predicted molar refractivity (Wildman–Crippen MR) is 145 cm³/mol. The Morgan fingerprint density at radius 2 is 1.63 bits per heavy atom. The maximum atomic E-state index is 13.7. The van der Waals surface area contributed by atoms with Gasteiger partial charge in [-0.1, -0.05) is 49.2 Å². The maximum absolute atomic E-state index is 13.7. The van der Waals surface area contributed by atoms with Gasteiger partial charge in [0.25, 0.3) is 5.91 Å². The minimum Gasteiger partial charge on any atom is -0.464 e. The summed E-state index contributed by atoms with van der Waals surface area (Å²) in [6.45, 7) is 2.32. The van der Waals surface area contributed by atoms with Crippen LogP contribution < -0.4 is 5.43 Å². The van der Waals surface area contributed by atoms with E-state index in [1.54, 1.807) is 60.7 Å². The lowest BCUT2D eigenvalue weighted by Gasteiger charge is -2.28. The first-order chi connectivity index (χ1) is 18.4. The van der Waals surface area contributed by atoms with Crippen LogP contribution >= 0.6 is 11.6 Å². The van der Waals surface area contributed by atoms with Crippen LogP contribution in [-0.2, 0) is 17.9 Å². The van der Waals surface area contributed by atoms with Gasteiger partial charge in [0.1, 0.15) is 17.9 Å². The summed E-state index contributed by atoms with van der Waals surface area (Å²) in [5, 5.41) is 0.930. The fourth-order valence-corrected chi connectivity index (χ4v) is 4.24. The molecule has 0 atom stereocenters. The van der Waals surface area contributed by atoms with E-state index in [2.05, 4.69) is 0 Å². The zero-order valence-corrected chi connectivity index (χ0v) is 21.8. The molecule has 4 rings (SSSR count). The van der Waals surface area contributed by atoms with Gasteiger partial charge in [-0.2, -0.15) is 0 Å². The van der Waals surface area contributed by atoms with Gasteiger partial charge in [0.05, 0.1) is 23.8 Å². The summed E-state index contributed by atoms with van der Waals surface area (Å²) in [6, 6.07) is 19.2. The molecule has 0 radical (unpaired) electrons. The van der Waals surface area contributed by atoms with Crippen LogP contribution in [0, 0.1) is 5.82 Å². The van der Waals surface area contributed by atoms with Crippen molar-refractivity contribution in [3.8, 4) is 0 Å². The van der Waals surface area contributed by atoms with E-state index >= 15 is 0 Å². The van der Waals surface area contributed by atoms with E-state index in [4.69, 9.17) is 16.0 Å².